The van der Waals surface area contributed by atoms with Crippen molar-refractivity contribution in [2.75, 3.05) is 19.6 Å². The minimum atomic E-state index is -0.952. The summed E-state index contributed by atoms with van der Waals surface area (Å²) in [5, 5.41) is 0. The Morgan fingerprint density at radius 3 is 1.27 bits per heavy atom. The molecule has 0 amide bonds. The Labute approximate surface area is 379 Å². The van der Waals surface area contributed by atoms with E-state index in [1.54, 1.807) is 0 Å². The second-order valence-electron chi connectivity index (χ2n) is 16.7. The van der Waals surface area contributed by atoms with Crippen molar-refractivity contribution >= 4 is 34.1 Å². The van der Waals surface area contributed by atoms with Gasteiger partial charge in [0.2, 0.25) is 0 Å². The smallest absolute Gasteiger partial charge is 0.494 e. The van der Waals surface area contributed by atoms with Crippen molar-refractivity contribution in [3.05, 3.63) is 216 Å². The van der Waals surface area contributed by atoms with Crippen LogP contribution in [0.25, 0.3) is 33.4 Å². The molecule has 0 fully saturated rings. The van der Waals surface area contributed by atoms with Crippen molar-refractivity contribution < 1.29 is 21.1 Å². The molecule has 0 atom stereocenters. The molecule has 7 heteroatoms. The van der Waals surface area contributed by atoms with Gasteiger partial charge < -0.3 is 19.6 Å². The van der Waals surface area contributed by atoms with Gasteiger partial charge >= 0.3 is 21.1 Å². The van der Waals surface area contributed by atoms with Gasteiger partial charge in [-0.05, 0) is 122 Å². The van der Waals surface area contributed by atoms with Crippen molar-refractivity contribution in [2.24, 2.45) is 0 Å². The third-order valence-electron chi connectivity index (χ3n) is 12.7. The average Bonchev–Trinajstić information content (AvgIpc) is 3.93. The van der Waals surface area contributed by atoms with Crippen LogP contribution in [0.1, 0.15) is 44.5 Å². The first kappa shape index (κ1) is 39.6. The Bertz CT molecular complexity index is 2810. The third-order valence-corrected chi connectivity index (χ3v) is 12.7. The summed E-state index contributed by atoms with van der Waals surface area (Å²) in [5.41, 5.74) is 22.0. The number of aryl methyl sites for hydroxylation is 6. The van der Waals surface area contributed by atoms with Gasteiger partial charge in [0.25, 0.3) is 0 Å². The fourth-order valence-corrected chi connectivity index (χ4v) is 10.5. The molecule has 0 saturated carbocycles. The monoisotopic (exact) mass is 983 g/mol. The molecule has 3 aliphatic rings. The number of nitrogens with zero attached hydrogens (tertiary/aromatic N) is 6. The van der Waals surface area contributed by atoms with Crippen LogP contribution in [0.15, 0.2) is 146 Å². The molecule has 1 aliphatic carbocycles. The van der Waals surface area contributed by atoms with Gasteiger partial charge in [0.15, 0.2) is 0 Å². The summed E-state index contributed by atoms with van der Waals surface area (Å²) in [7, 11) is 0. The van der Waals surface area contributed by atoms with E-state index >= 15 is 0 Å². The van der Waals surface area contributed by atoms with E-state index in [0.717, 1.165) is 56.4 Å². The number of hydrogen-bond acceptors (Lipinski definition) is 6. The van der Waals surface area contributed by atoms with Crippen LogP contribution in [0.3, 0.4) is 0 Å². The molecule has 6 aromatic carbocycles. The van der Waals surface area contributed by atoms with Crippen molar-refractivity contribution in [3.8, 4) is 33.4 Å². The van der Waals surface area contributed by atoms with Crippen molar-refractivity contribution in [1.82, 2.24) is 9.97 Å². The standard InChI is InChI=1S/C55H44N6.Pt/c1-35-25-37(3)53(38(4)26-35)41-13-11-15-43(29-41)58-33-60(51-19-9-7-17-49(51)58)55(47-31-56-23-21-45(47)46-22-24-57-32-48(46)55)61-34-59(50-18-8-10-20-52(50)61)44-16-12-14-42(30-44)54-39(5)27-36(2)28-40(54)6;/h7-14,17-34H,1-6H3;/q-4;+4. The van der Waals surface area contributed by atoms with Crippen molar-refractivity contribution in [2.45, 2.75) is 47.2 Å². The molecular formula is C55H44N6Pt. The summed E-state index contributed by atoms with van der Waals surface area (Å²) in [6.45, 7) is 17.7. The fourth-order valence-electron chi connectivity index (χ4n) is 10.5. The summed E-state index contributed by atoms with van der Waals surface area (Å²) in [6.07, 6.45) is 7.87. The Morgan fingerprint density at radius 2 is 0.871 bits per heavy atom. The van der Waals surface area contributed by atoms with Crippen molar-refractivity contribution in [1.29, 1.82) is 0 Å². The van der Waals surface area contributed by atoms with Crippen molar-refractivity contribution in [3.63, 3.8) is 0 Å². The number of rotatable bonds is 6. The molecule has 0 bridgehead atoms. The molecule has 0 unspecified atom stereocenters. The van der Waals surface area contributed by atoms with Crippen LogP contribution >= 0.6 is 0 Å². The molecule has 0 N–H and O–H groups in total. The maximum absolute atomic E-state index is 4.84. The zero-order valence-corrected chi connectivity index (χ0v) is 37.8. The largest absolute Gasteiger partial charge is 4.00 e. The number of hydrogen-bond donors (Lipinski definition) is 0. The van der Waals surface area contributed by atoms with Crippen LogP contribution in [0.5, 0.6) is 0 Å². The van der Waals surface area contributed by atoms with Gasteiger partial charge in [0.1, 0.15) is 5.66 Å². The average molecular weight is 984 g/mol. The summed E-state index contributed by atoms with van der Waals surface area (Å²) in [5.74, 6) is 0. The Morgan fingerprint density at radius 1 is 0.484 bits per heavy atom. The van der Waals surface area contributed by atoms with E-state index in [1.807, 2.05) is 24.8 Å². The van der Waals surface area contributed by atoms with E-state index in [4.69, 9.17) is 9.97 Å². The summed E-state index contributed by atoms with van der Waals surface area (Å²) < 4.78 is 0. The predicted octanol–water partition coefficient (Wildman–Crippen LogP) is 13.0. The van der Waals surface area contributed by atoms with E-state index in [-0.39, 0.29) is 21.1 Å². The maximum Gasteiger partial charge on any atom is 4.00 e. The number of para-hydroxylation sites is 4. The SMILES string of the molecule is Cc1cc(C)c(-c2cc[c-]c(N3[CH-]N(C4(N5[CH-]N(c6[c-]ccc(-c7c(C)cc(C)cc7C)c6)c6ccccc65)c5cnccc5-c5ccncc54)c4ccccc43)c2)c(C)c1.[Pt+4]. The van der Waals surface area contributed by atoms with Gasteiger partial charge in [0, 0.05) is 58.7 Å². The van der Waals surface area contributed by atoms with E-state index in [9.17, 15) is 0 Å². The van der Waals surface area contributed by atoms with Crippen LogP contribution in [0.2, 0.25) is 0 Å². The van der Waals surface area contributed by atoms with E-state index < -0.39 is 5.66 Å². The predicted molar refractivity (Wildman–Crippen MR) is 249 cm³/mol. The topological polar surface area (TPSA) is 38.7 Å². The van der Waals surface area contributed by atoms with E-state index in [2.05, 4.69) is 208 Å². The second-order valence-corrected chi connectivity index (χ2v) is 16.7. The number of pyridine rings is 2. The van der Waals surface area contributed by atoms with Gasteiger partial charge in [-0.15, -0.1) is 48.0 Å². The first-order valence-electron chi connectivity index (χ1n) is 20.9. The molecular weight excluding hydrogens is 940 g/mol. The molecule has 0 spiro atoms. The molecule has 304 valence electrons. The number of aromatic nitrogens is 2. The molecule has 0 saturated heterocycles. The molecule has 8 aromatic rings. The quantitative estimate of drug-likeness (QED) is 0.155. The Hall–Kier alpha value is -6.49. The molecule has 11 rings (SSSR count). The zero-order valence-electron chi connectivity index (χ0n) is 35.5. The van der Waals surface area contributed by atoms with Gasteiger partial charge in [-0.25, -0.2) is 0 Å². The normalized spacial score (nSPS) is 14.4. The minimum Gasteiger partial charge on any atom is -0.494 e. The number of anilines is 6. The third kappa shape index (κ3) is 5.95. The fraction of sp³-hybridized carbons (Fsp3) is 0.127. The minimum absolute atomic E-state index is 0. The maximum atomic E-state index is 4.84. The van der Waals surface area contributed by atoms with Crippen LogP contribution in [-0.2, 0) is 26.7 Å². The molecule has 2 aromatic heterocycles. The van der Waals surface area contributed by atoms with Gasteiger partial charge in [-0.1, -0.05) is 59.7 Å². The van der Waals surface area contributed by atoms with Crippen LogP contribution in [-0.4, -0.2) is 9.97 Å². The molecule has 2 aliphatic heterocycles. The van der Waals surface area contributed by atoms with Crippen LogP contribution in [0, 0.1) is 67.0 Å². The van der Waals surface area contributed by atoms with E-state index in [1.165, 1.54) is 55.6 Å². The van der Waals surface area contributed by atoms with Gasteiger partial charge in [0.05, 0.1) is 0 Å². The van der Waals surface area contributed by atoms with Crippen LogP contribution < -0.4 is 19.6 Å². The summed E-state index contributed by atoms with van der Waals surface area (Å²) in [4.78, 5) is 19.1. The first-order valence-corrected chi connectivity index (χ1v) is 20.9. The van der Waals surface area contributed by atoms with Gasteiger partial charge in [-0.3, -0.25) is 9.97 Å². The Kier molecular flexibility index (Phi) is 9.68. The molecule has 4 heterocycles. The number of fused-ring (bicyclic) bond motifs is 5. The summed E-state index contributed by atoms with van der Waals surface area (Å²) >= 11 is 0. The van der Waals surface area contributed by atoms with Gasteiger partial charge in [-0.2, -0.15) is 36.4 Å². The summed E-state index contributed by atoms with van der Waals surface area (Å²) in [6, 6.07) is 51.0. The Balaban J connectivity index is 0.00000458. The first-order chi connectivity index (χ1) is 29.7. The molecule has 62 heavy (non-hydrogen) atoms. The van der Waals surface area contributed by atoms with E-state index in [0.29, 0.717) is 0 Å². The van der Waals surface area contributed by atoms with Crippen LogP contribution in [0.4, 0.5) is 34.1 Å². The molecule has 0 radical (unpaired) electrons. The molecule has 6 nitrogen and oxygen atoms in total. The number of benzene rings is 6. The zero-order chi connectivity index (χ0) is 41.6. The second kappa shape index (κ2) is 15.1.